The number of likely N-dealkylation sites (tertiary alicyclic amines) is 2. The number of hydrogen-bond acceptors (Lipinski definition) is 5. The van der Waals surface area contributed by atoms with Crippen molar-refractivity contribution in [1.82, 2.24) is 30.1 Å². The molecule has 2 fully saturated rings. The number of nitrogens with zero attached hydrogens (tertiary/aromatic N) is 5. The van der Waals surface area contributed by atoms with Gasteiger partial charge in [-0.3, -0.25) is 14.4 Å². The fourth-order valence-electron chi connectivity index (χ4n) is 3.42. The van der Waals surface area contributed by atoms with Gasteiger partial charge < -0.3 is 15.1 Å². The van der Waals surface area contributed by atoms with Crippen LogP contribution in [0.5, 0.6) is 0 Å². The predicted molar refractivity (Wildman–Crippen MR) is 99.1 cm³/mol. The van der Waals surface area contributed by atoms with E-state index in [9.17, 15) is 14.4 Å². The minimum atomic E-state index is -0.261. The van der Waals surface area contributed by atoms with E-state index in [1.807, 2.05) is 12.3 Å². The van der Waals surface area contributed by atoms with Gasteiger partial charge in [0.25, 0.3) is 5.91 Å². The Morgan fingerprint density at radius 2 is 1.96 bits per heavy atom. The molecule has 1 aromatic carbocycles. The van der Waals surface area contributed by atoms with Crippen molar-refractivity contribution in [2.24, 2.45) is 0 Å². The van der Waals surface area contributed by atoms with Gasteiger partial charge >= 0.3 is 0 Å². The van der Waals surface area contributed by atoms with E-state index in [1.54, 1.807) is 38.7 Å². The second-order valence-corrected chi connectivity index (χ2v) is 7.11. The Bertz CT molecular complexity index is 875. The van der Waals surface area contributed by atoms with Crippen molar-refractivity contribution in [2.75, 3.05) is 26.2 Å². The first-order valence-electron chi connectivity index (χ1n) is 9.39. The molecule has 0 atom stereocenters. The van der Waals surface area contributed by atoms with Crippen LogP contribution in [0, 0.1) is 0 Å². The predicted octanol–water partition coefficient (Wildman–Crippen LogP) is 0.214. The first kappa shape index (κ1) is 18.1. The largest absolute Gasteiger partial charge is 0.343 e. The highest BCUT2D eigenvalue weighted by molar-refractivity contribution is 5.96. The highest BCUT2D eigenvalue weighted by Gasteiger charge is 2.33. The molecule has 2 aliphatic rings. The maximum absolute atomic E-state index is 12.2. The van der Waals surface area contributed by atoms with Crippen LogP contribution in [-0.2, 0) is 16.1 Å². The Morgan fingerprint density at radius 1 is 1.18 bits per heavy atom. The van der Waals surface area contributed by atoms with Crippen molar-refractivity contribution in [3.05, 3.63) is 47.8 Å². The maximum Gasteiger partial charge on any atom is 0.251 e. The molecule has 9 nitrogen and oxygen atoms in total. The van der Waals surface area contributed by atoms with Crippen molar-refractivity contribution in [2.45, 2.75) is 25.4 Å². The molecular weight excluding hydrogens is 360 g/mol. The number of nitrogens with one attached hydrogen (secondary N) is 1. The Labute approximate surface area is 162 Å². The summed E-state index contributed by atoms with van der Waals surface area (Å²) in [5.41, 5.74) is 1.29. The monoisotopic (exact) mass is 382 g/mol. The lowest BCUT2D eigenvalue weighted by Crippen LogP contribution is -2.53. The SMILES string of the molecule is O=C(NCC(=O)N1CC(n2cc(CN3CCCC3=O)nn2)C1)c1ccccc1. The molecule has 4 rings (SSSR count). The normalized spacial score (nSPS) is 16.9. The van der Waals surface area contributed by atoms with Crippen LogP contribution in [0.3, 0.4) is 0 Å². The summed E-state index contributed by atoms with van der Waals surface area (Å²) >= 11 is 0. The molecule has 0 saturated carbocycles. The van der Waals surface area contributed by atoms with Crippen molar-refractivity contribution >= 4 is 17.7 Å². The van der Waals surface area contributed by atoms with Crippen LogP contribution in [0.25, 0.3) is 0 Å². The van der Waals surface area contributed by atoms with E-state index in [-0.39, 0.29) is 30.3 Å². The van der Waals surface area contributed by atoms with Crippen molar-refractivity contribution in [3.8, 4) is 0 Å². The quantitative estimate of drug-likeness (QED) is 0.770. The number of rotatable bonds is 6. The Hall–Kier alpha value is -3.23. The third-order valence-corrected chi connectivity index (χ3v) is 5.11. The van der Waals surface area contributed by atoms with E-state index in [4.69, 9.17) is 0 Å². The molecule has 2 aliphatic heterocycles. The summed E-state index contributed by atoms with van der Waals surface area (Å²) < 4.78 is 1.75. The minimum absolute atomic E-state index is 0.0277. The summed E-state index contributed by atoms with van der Waals surface area (Å²) in [6.07, 6.45) is 3.34. The van der Waals surface area contributed by atoms with Gasteiger partial charge in [0.1, 0.15) is 5.69 Å². The van der Waals surface area contributed by atoms with Gasteiger partial charge in [0.15, 0.2) is 0 Å². The lowest BCUT2D eigenvalue weighted by Gasteiger charge is -2.38. The van der Waals surface area contributed by atoms with Gasteiger partial charge in [0.2, 0.25) is 11.8 Å². The molecule has 28 heavy (non-hydrogen) atoms. The molecule has 3 heterocycles. The van der Waals surface area contributed by atoms with Crippen LogP contribution in [0.15, 0.2) is 36.5 Å². The lowest BCUT2D eigenvalue weighted by atomic mass is 10.1. The molecule has 1 N–H and O–H groups in total. The fourth-order valence-corrected chi connectivity index (χ4v) is 3.42. The first-order valence-corrected chi connectivity index (χ1v) is 9.39. The van der Waals surface area contributed by atoms with E-state index < -0.39 is 0 Å². The van der Waals surface area contributed by atoms with Gasteiger partial charge in [-0.2, -0.15) is 0 Å². The maximum atomic E-state index is 12.2. The molecule has 0 unspecified atom stereocenters. The van der Waals surface area contributed by atoms with Gasteiger partial charge in [-0.1, -0.05) is 23.4 Å². The molecule has 0 bridgehead atoms. The summed E-state index contributed by atoms with van der Waals surface area (Å²) in [6.45, 7) is 2.29. The third kappa shape index (κ3) is 3.88. The Kier molecular flexibility index (Phi) is 5.05. The van der Waals surface area contributed by atoms with Crippen LogP contribution in [0.2, 0.25) is 0 Å². The standard InChI is InChI=1S/C19H22N6O3/c26-17-7-4-8-23(17)10-15-11-25(22-21-15)16-12-24(13-16)18(27)9-20-19(28)14-5-2-1-3-6-14/h1-3,5-6,11,16H,4,7-10,12-13H2,(H,20,28). The average Bonchev–Trinajstić information content (AvgIpc) is 3.29. The zero-order chi connectivity index (χ0) is 19.5. The van der Waals surface area contributed by atoms with Crippen molar-refractivity contribution < 1.29 is 14.4 Å². The average molecular weight is 382 g/mol. The summed E-state index contributed by atoms with van der Waals surface area (Å²) in [6, 6.07) is 8.88. The molecule has 1 aromatic heterocycles. The highest BCUT2D eigenvalue weighted by Crippen LogP contribution is 2.21. The number of carbonyl (C=O) groups is 3. The molecule has 146 valence electrons. The number of hydrogen-bond donors (Lipinski definition) is 1. The summed E-state index contributed by atoms with van der Waals surface area (Å²) in [5.74, 6) is -0.223. The van der Waals surface area contributed by atoms with Gasteiger partial charge in [-0.25, -0.2) is 4.68 Å². The molecule has 3 amide bonds. The van der Waals surface area contributed by atoms with E-state index in [0.717, 1.165) is 18.7 Å². The molecule has 0 spiro atoms. The molecular formula is C19H22N6O3. The summed E-state index contributed by atoms with van der Waals surface area (Å²) in [7, 11) is 0. The number of benzene rings is 1. The number of amides is 3. The molecule has 9 heteroatoms. The topological polar surface area (TPSA) is 100 Å². The van der Waals surface area contributed by atoms with E-state index >= 15 is 0 Å². The second kappa shape index (κ2) is 7.79. The van der Waals surface area contributed by atoms with Crippen LogP contribution in [-0.4, -0.2) is 68.7 Å². The van der Waals surface area contributed by atoms with Crippen LogP contribution < -0.4 is 5.32 Å². The van der Waals surface area contributed by atoms with Crippen molar-refractivity contribution in [1.29, 1.82) is 0 Å². The van der Waals surface area contributed by atoms with Crippen LogP contribution in [0.1, 0.15) is 34.9 Å². The Balaban J connectivity index is 1.22. The van der Waals surface area contributed by atoms with Gasteiger partial charge in [-0.05, 0) is 18.6 Å². The zero-order valence-electron chi connectivity index (χ0n) is 15.5. The summed E-state index contributed by atoms with van der Waals surface area (Å²) in [4.78, 5) is 39.4. The van der Waals surface area contributed by atoms with Crippen molar-refractivity contribution in [3.63, 3.8) is 0 Å². The summed E-state index contributed by atoms with van der Waals surface area (Å²) in [5, 5.41) is 10.9. The smallest absolute Gasteiger partial charge is 0.251 e. The number of aromatic nitrogens is 3. The molecule has 0 aliphatic carbocycles. The van der Waals surface area contributed by atoms with E-state index in [0.29, 0.717) is 31.6 Å². The van der Waals surface area contributed by atoms with E-state index in [2.05, 4.69) is 15.6 Å². The lowest BCUT2D eigenvalue weighted by molar-refractivity contribution is -0.136. The third-order valence-electron chi connectivity index (χ3n) is 5.11. The molecule has 0 radical (unpaired) electrons. The van der Waals surface area contributed by atoms with Gasteiger partial charge in [0.05, 0.1) is 25.3 Å². The van der Waals surface area contributed by atoms with E-state index in [1.165, 1.54) is 0 Å². The molecule has 2 saturated heterocycles. The zero-order valence-corrected chi connectivity index (χ0v) is 15.5. The van der Waals surface area contributed by atoms with Gasteiger partial charge in [0, 0.05) is 31.6 Å². The van der Waals surface area contributed by atoms with Crippen LogP contribution in [0.4, 0.5) is 0 Å². The fraction of sp³-hybridized carbons (Fsp3) is 0.421. The Morgan fingerprint density at radius 3 is 2.68 bits per heavy atom. The first-order chi connectivity index (χ1) is 13.6. The molecule has 2 aromatic rings. The number of carbonyl (C=O) groups excluding carboxylic acids is 3. The van der Waals surface area contributed by atoms with Gasteiger partial charge in [-0.15, -0.1) is 5.10 Å². The second-order valence-electron chi connectivity index (χ2n) is 7.11. The minimum Gasteiger partial charge on any atom is -0.343 e. The highest BCUT2D eigenvalue weighted by atomic mass is 16.2. The van der Waals surface area contributed by atoms with Crippen LogP contribution >= 0.6 is 0 Å².